The summed E-state index contributed by atoms with van der Waals surface area (Å²) in [5.41, 5.74) is 11.7. The van der Waals surface area contributed by atoms with Gasteiger partial charge in [-0.3, -0.25) is 24.2 Å². The second-order valence-corrected chi connectivity index (χ2v) is 10.7. The molecule has 0 saturated carbocycles. The quantitative estimate of drug-likeness (QED) is 0.0872. The van der Waals surface area contributed by atoms with Crippen molar-refractivity contribution in [3.63, 3.8) is 0 Å². The van der Waals surface area contributed by atoms with Crippen LogP contribution in [-0.2, 0) is 14.4 Å². The molecule has 3 aromatic carbocycles. The molecule has 0 spiro atoms. The normalized spacial score (nSPS) is 12.1. The van der Waals surface area contributed by atoms with E-state index in [-0.39, 0.29) is 24.8 Å². The van der Waals surface area contributed by atoms with E-state index >= 15 is 0 Å². The predicted octanol–water partition coefficient (Wildman–Crippen LogP) is 2.29. The first-order valence-corrected chi connectivity index (χ1v) is 14.4. The average molecular weight is 604 g/mol. The first-order chi connectivity index (χ1) is 21.1. The molecule has 0 bridgehead atoms. The van der Waals surface area contributed by atoms with Crippen LogP contribution in [0.25, 0.3) is 10.8 Å². The number of nitrogens with one attached hydrogen (secondary N) is 4. The van der Waals surface area contributed by atoms with Crippen molar-refractivity contribution in [2.24, 2.45) is 22.4 Å². The fourth-order valence-corrected chi connectivity index (χ4v) is 4.59. The summed E-state index contributed by atoms with van der Waals surface area (Å²) in [6.07, 6.45) is 1.01. The summed E-state index contributed by atoms with van der Waals surface area (Å²) in [6, 6.07) is 17.9. The molecule has 12 heteroatoms. The van der Waals surface area contributed by atoms with Gasteiger partial charge in [0.05, 0.1) is 13.7 Å². The molecule has 12 nitrogen and oxygen atoms in total. The largest absolute Gasteiger partial charge is 0.496 e. The second kappa shape index (κ2) is 16.5. The summed E-state index contributed by atoms with van der Waals surface area (Å²) in [6.45, 7) is 3.75. The number of benzene rings is 3. The number of fused-ring (bicyclic) bond motifs is 1. The van der Waals surface area contributed by atoms with Crippen LogP contribution in [0.1, 0.15) is 43.5 Å². The zero-order chi connectivity index (χ0) is 32.1. The van der Waals surface area contributed by atoms with Gasteiger partial charge >= 0.3 is 0 Å². The topological polar surface area (TPSA) is 190 Å². The number of nitrogens with zero attached hydrogens (tertiary/aromatic N) is 1. The van der Waals surface area contributed by atoms with Crippen LogP contribution in [0.4, 0.5) is 5.69 Å². The maximum absolute atomic E-state index is 13.3. The highest BCUT2D eigenvalue weighted by Gasteiger charge is 2.25. The van der Waals surface area contributed by atoms with Crippen LogP contribution in [0.2, 0.25) is 0 Å². The number of guanidine groups is 1. The molecule has 234 valence electrons. The van der Waals surface area contributed by atoms with Crippen molar-refractivity contribution in [1.29, 1.82) is 0 Å². The number of carbonyl (C=O) groups excluding carboxylic acids is 4. The monoisotopic (exact) mass is 603 g/mol. The highest BCUT2D eigenvalue weighted by Crippen LogP contribution is 2.30. The lowest BCUT2D eigenvalue weighted by atomic mass is 10.0. The molecule has 0 saturated heterocycles. The highest BCUT2D eigenvalue weighted by atomic mass is 16.5. The van der Waals surface area contributed by atoms with Crippen molar-refractivity contribution in [3.8, 4) is 5.75 Å². The predicted molar refractivity (Wildman–Crippen MR) is 171 cm³/mol. The lowest BCUT2D eigenvalue weighted by Gasteiger charge is -2.22. The molecular weight excluding hydrogens is 562 g/mol. The van der Waals surface area contributed by atoms with Crippen LogP contribution >= 0.6 is 0 Å². The molecule has 0 heterocycles. The van der Waals surface area contributed by atoms with E-state index in [1.54, 1.807) is 43.5 Å². The van der Waals surface area contributed by atoms with Crippen molar-refractivity contribution in [3.05, 3.63) is 72.3 Å². The summed E-state index contributed by atoms with van der Waals surface area (Å²) in [7, 11) is 1.56. The molecule has 0 fully saturated rings. The third-order valence-corrected chi connectivity index (χ3v) is 6.70. The standard InChI is InChI=1S/C32H41N7O5/c1-20(2)16-26(31(43)37-23-17-22-12-7-8-13-24(22)27(18-23)44-3)38-28(40)19-36-30(42)25(14-9-15-35-32(33)34)39-29(41)21-10-5-4-6-11-21/h4-8,10-13,17-18,20,25-26H,9,14-16,19H2,1-3H3,(H,36,42)(H,37,43)(H,38,40)(H,39,41)(H4,33,34,35)/t25-,26-/m0/s1. The van der Waals surface area contributed by atoms with Crippen LogP contribution in [-0.4, -0.2) is 61.9 Å². The Morgan fingerprint density at radius 3 is 2.27 bits per heavy atom. The smallest absolute Gasteiger partial charge is 0.251 e. The Morgan fingerprint density at radius 1 is 0.886 bits per heavy atom. The van der Waals surface area contributed by atoms with Crippen LogP contribution < -0.4 is 37.5 Å². The molecule has 8 N–H and O–H groups in total. The molecule has 0 unspecified atom stereocenters. The van der Waals surface area contributed by atoms with Crippen LogP contribution in [0.15, 0.2) is 71.7 Å². The molecule has 0 aromatic heterocycles. The number of hydrogen-bond acceptors (Lipinski definition) is 6. The molecule has 44 heavy (non-hydrogen) atoms. The fourth-order valence-electron chi connectivity index (χ4n) is 4.59. The molecule has 0 aliphatic heterocycles. The van der Waals surface area contributed by atoms with E-state index in [0.717, 1.165) is 10.8 Å². The van der Waals surface area contributed by atoms with Gasteiger partial charge in [-0.25, -0.2) is 0 Å². The number of anilines is 1. The minimum Gasteiger partial charge on any atom is -0.496 e. The minimum absolute atomic E-state index is 0.0734. The minimum atomic E-state index is -0.942. The van der Waals surface area contributed by atoms with Crippen molar-refractivity contribution in [2.45, 2.75) is 45.2 Å². The Kier molecular flexibility index (Phi) is 12.5. The fraction of sp³-hybridized carbons (Fsp3) is 0.344. The number of rotatable bonds is 15. The van der Waals surface area contributed by atoms with E-state index in [1.165, 1.54) is 0 Å². The van der Waals surface area contributed by atoms with Gasteiger partial charge < -0.3 is 37.5 Å². The number of carbonyl (C=O) groups is 4. The van der Waals surface area contributed by atoms with Crippen molar-refractivity contribution < 1.29 is 23.9 Å². The average Bonchev–Trinajstić information content (AvgIpc) is 3.00. The van der Waals surface area contributed by atoms with Gasteiger partial charge in [0.2, 0.25) is 17.7 Å². The van der Waals surface area contributed by atoms with Gasteiger partial charge in [0, 0.05) is 29.2 Å². The first kappa shape index (κ1) is 33.4. The van der Waals surface area contributed by atoms with Crippen LogP contribution in [0.3, 0.4) is 0 Å². The number of ether oxygens (including phenoxy) is 1. The lowest BCUT2D eigenvalue weighted by Crippen LogP contribution is -2.51. The van der Waals surface area contributed by atoms with E-state index in [0.29, 0.717) is 29.8 Å². The lowest BCUT2D eigenvalue weighted by molar-refractivity contribution is -0.129. The van der Waals surface area contributed by atoms with Gasteiger partial charge in [-0.05, 0) is 48.8 Å². The molecule has 0 aliphatic rings. The number of nitrogens with two attached hydrogens (primary N) is 2. The third-order valence-electron chi connectivity index (χ3n) is 6.70. The van der Waals surface area contributed by atoms with Crippen molar-refractivity contribution in [1.82, 2.24) is 16.0 Å². The molecule has 2 atom stereocenters. The zero-order valence-corrected chi connectivity index (χ0v) is 25.3. The first-order valence-electron chi connectivity index (χ1n) is 14.4. The van der Waals surface area contributed by atoms with Gasteiger partial charge in [-0.2, -0.15) is 0 Å². The highest BCUT2D eigenvalue weighted by molar-refractivity contribution is 6.01. The molecule has 3 rings (SSSR count). The summed E-state index contributed by atoms with van der Waals surface area (Å²) in [5.74, 6) is -1.31. The number of methoxy groups -OCH3 is 1. The summed E-state index contributed by atoms with van der Waals surface area (Å²) in [4.78, 5) is 55.9. The summed E-state index contributed by atoms with van der Waals surface area (Å²) >= 11 is 0. The van der Waals surface area contributed by atoms with Crippen molar-refractivity contribution in [2.75, 3.05) is 25.5 Å². The zero-order valence-electron chi connectivity index (χ0n) is 25.3. The van der Waals surface area contributed by atoms with E-state index in [4.69, 9.17) is 16.2 Å². The molecule has 3 aromatic rings. The molecule has 4 amide bonds. The Morgan fingerprint density at radius 2 is 1.59 bits per heavy atom. The SMILES string of the molecule is COc1cc(NC(=O)[C@H](CC(C)C)NC(=O)CNC(=O)[C@H](CCCN=C(N)N)NC(=O)c2ccccc2)cc2ccccc12. The van der Waals surface area contributed by atoms with E-state index in [2.05, 4.69) is 26.3 Å². The number of hydrogen-bond donors (Lipinski definition) is 6. The number of aliphatic imine (C=N–C) groups is 1. The maximum atomic E-state index is 13.3. The van der Waals surface area contributed by atoms with Gasteiger partial charge in [-0.1, -0.05) is 56.3 Å². The molecular formula is C32H41N7O5. The molecule has 0 radical (unpaired) electrons. The van der Waals surface area contributed by atoms with Gasteiger partial charge in [0.15, 0.2) is 5.96 Å². The summed E-state index contributed by atoms with van der Waals surface area (Å²) < 4.78 is 5.50. The Hall–Kier alpha value is -5.13. The van der Waals surface area contributed by atoms with Gasteiger partial charge in [0.1, 0.15) is 17.8 Å². The van der Waals surface area contributed by atoms with E-state index in [1.807, 2.05) is 44.2 Å². The summed E-state index contributed by atoms with van der Waals surface area (Å²) in [5, 5.41) is 12.7. The maximum Gasteiger partial charge on any atom is 0.251 e. The Labute approximate surface area is 257 Å². The second-order valence-electron chi connectivity index (χ2n) is 10.7. The number of amides is 4. The van der Waals surface area contributed by atoms with Crippen molar-refractivity contribution >= 4 is 46.0 Å². The van der Waals surface area contributed by atoms with Gasteiger partial charge in [-0.15, -0.1) is 0 Å². The van der Waals surface area contributed by atoms with E-state index < -0.39 is 42.3 Å². The Balaban J connectivity index is 1.64. The van der Waals surface area contributed by atoms with Crippen LogP contribution in [0.5, 0.6) is 5.75 Å². The Bertz CT molecular complexity index is 1470. The molecule has 0 aliphatic carbocycles. The third kappa shape index (κ3) is 10.3. The van der Waals surface area contributed by atoms with Gasteiger partial charge in [0.25, 0.3) is 5.91 Å². The van der Waals surface area contributed by atoms with Crippen LogP contribution in [0, 0.1) is 5.92 Å². The van der Waals surface area contributed by atoms with E-state index in [9.17, 15) is 19.2 Å².